The van der Waals surface area contributed by atoms with Crippen LogP contribution in [-0.4, -0.2) is 45.3 Å². The molecule has 3 amide bonds. The molecular formula is C23H29N3O4. The number of hydrogen-bond donors (Lipinski definition) is 2. The zero-order valence-electron chi connectivity index (χ0n) is 17.5. The van der Waals surface area contributed by atoms with Crippen molar-refractivity contribution in [2.45, 2.75) is 19.8 Å². The van der Waals surface area contributed by atoms with E-state index in [2.05, 4.69) is 10.6 Å². The number of nitrogens with zero attached hydrogens (tertiary/aromatic N) is 1. The van der Waals surface area contributed by atoms with Crippen molar-refractivity contribution in [1.82, 2.24) is 10.6 Å². The fraction of sp³-hybridized carbons (Fsp3) is 0.391. The van der Waals surface area contributed by atoms with Gasteiger partial charge in [0.2, 0.25) is 5.91 Å². The van der Waals surface area contributed by atoms with Crippen molar-refractivity contribution < 1.29 is 19.1 Å². The molecule has 1 atom stereocenters. The lowest BCUT2D eigenvalue weighted by Gasteiger charge is -2.17. The highest BCUT2D eigenvalue weighted by molar-refractivity contribution is 5.95. The number of benzene rings is 2. The van der Waals surface area contributed by atoms with Gasteiger partial charge in [0.25, 0.3) is 0 Å². The van der Waals surface area contributed by atoms with E-state index in [-0.39, 0.29) is 17.9 Å². The molecule has 1 aliphatic rings. The molecule has 0 radical (unpaired) electrons. The number of nitrogens with one attached hydrogen (secondary N) is 2. The van der Waals surface area contributed by atoms with Crippen molar-refractivity contribution in [3.05, 3.63) is 54.1 Å². The van der Waals surface area contributed by atoms with Gasteiger partial charge in [-0.15, -0.1) is 0 Å². The molecule has 2 N–H and O–H groups in total. The Labute approximate surface area is 177 Å². The lowest BCUT2D eigenvalue weighted by Crippen LogP contribution is -2.39. The third kappa shape index (κ3) is 5.89. The summed E-state index contributed by atoms with van der Waals surface area (Å²) in [5, 5.41) is 5.74. The monoisotopic (exact) mass is 411 g/mol. The Morgan fingerprint density at radius 2 is 1.77 bits per heavy atom. The lowest BCUT2D eigenvalue weighted by atomic mass is 10.1. The number of urea groups is 1. The van der Waals surface area contributed by atoms with Crippen LogP contribution in [-0.2, 0) is 11.2 Å². The van der Waals surface area contributed by atoms with Gasteiger partial charge >= 0.3 is 6.03 Å². The summed E-state index contributed by atoms with van der Waals surface area (Å²) in [7, 11) is 1.64. The van der Waals surface area contributed by atoms with E-state index in [0.717, 1.165) is 29.2 Å². The van der Waals surface area contributed by atoms with Gasteiger partial charge in [0.15, 0.2) is 0 Å². The van der Waals surface area contributed by atoms with Gasteiger partial charge in [-0.3, -0.25) is 4.79 Å². The molecule has 1 saturated heterocycles. The summed E-state index contributed by atoms with van der Waals surface area (Å²) < 4.78 is 10.6. The first-order valence-electron chi connectivity index (χ1n) is 10.3. The summed E-state index contributed by atoms with van der Waals surface area (Å²) in [4.78, 5) is 26.2. The van der Waals surface area contributed by atoms with E-state index in [1.807, 2.05) is 55.5 Å². The Kier molecular flexibility index (Phi) is 7.54. The highest BCUT2D eigenvalue weighted by Crippen LogP contribution is 2.26. The van der Waals surface area contributed by atoms with Crippen LogP contribution in [0.15, 0.2) is 48.5 Å². The molecular weight excluding hydrogens is 382 g/mol. The van der Waals surface area contributed by atoms with Gasteiger partial charge in [0.05, 0.1) is 13.7 Å². The SMILES string of the molecule is CCOc1ccc(N2C[C@H](CNC(=O)NCCc3ccc(OC)cc3)CC2=O)cc1. The van der Waals surface area contributed by atoms with Crippen molar-refractivity contribution in [2.75, 3.05) is 38.3 Å². The lowest BCUT2D eigenvalue weighted by molar-refractivity contribution is -0.117. The van der Waals surface area contributed by atoms with E-state index >= 15 is 0 Å². The fourth-order valence-electron chi connectivity index (χ4n) is 3.47. The number of hydrogen-bond acceptors (Lipinski definition) is 4. The summed E-state index contributed by atoms with van der Waals surface area (Å²) >= 11 is 0. The van der Waals surface area contributed by atoms with Gasteiger partial charge < -0.3 is 25.0 Å². The predicted molar refractivity (Wildman–Crippen MR) is 116 cm³/mol. The van der Waals surface area contributed by atoms with Crippen LogP contribution in [0.3, 0.4) is 0 Å². The molecule has 30 heavy (non-hydrogen) atoms. The molecule has 1 heterocycles. The number of amides is 3. The highest BCUT2D eigenvalue weighted by atomic mass is 16.5. The second kappa shape index (κ2) is 10.5. The Hall–Kier alpha value is -3.22. The van der Waals surface area contributed by atoms with Crippen LogP contribution in [0.4, 0.5) is 10.5 Å². The molecule has 0 bridgehead atoms. The molecule has 3 rings (SSSR count). The summed E-state index contributed by atoms with van der Waals surface area (Å²) in [6.07, 6.45) is 1.17. The minimum Gasteiger partial charge on any atom is -0.497 e. The zero-order valence-corrected chi connectivity index (χ0v) is 17.5. The third-order valence-electron chi connectivity index (χ3n) is 5.07. The van der Waals surface area contributed by atoms with Crippen LogP contribution < -0.4 is 25.0 Å². The molecule has 2 aromatic rings. The molecule has 2 aromatic carbocycles. The molecule has 160 valence electrons. The molecule has 0 unspecified atom stereocenters. The van der Waals surface area contributed by atoms with Crippen molar-refractivity contribution >= 4 is 17.6 Å². The average Bonchev–Trinajstić information content (AvgIpc) is 3.14. The van der Waals surface area contributed by atoms with Gasteiger partial charge in [0.1, 0.15) is 11.5 Å². The highest BCUT2D eigenvalue weighted by Gasteiger charge is 2.30. The number of rotatable bonds is 9. The number of carbonyl (C=O) groups excluding carboxylic acids is 2. The number of carbonyl (C=O) groups is 2. The van der Waals surface area contributed by atoms with Crippen molar-refractivity contribution in [3.63, 3.8) is 0 Å². The normalized spacial score (nSPS) is 15.7. The van der Waals surface area contributed by atoms with Crippen LogP contribution in [0.25, 0.3) is 0 Å². The molecule has 0 saturated carbocycles. The first-order chi connectivity index (χ1) is 14.6. The summed E-state index contributed by atoms with van der Waals surface area (Å²) in [5.74, 6) is 1.77. The van der Waals surface area contributed by atoms with E-state index in [9.17, 15) is 9.59 Å². The molecule has 0 aliphatic carbocycles. The van der Waals surface area contributed by atoms with Crippen LogP contribution in [0.2, 0.25) is 0 Å². The predicted octanol–water partition coefficient (Wildman–Crippen LogP) is 2.99. The Morgan fingerprint density at radius 1 is 1.07 bits per heavy atom. The van der Waals surface area contributed by atoms with Gasteiger partial charge in [-0.05, 0) is 55.3 Å². The first-order valence-corrected chi connectivity index (χ1v) is 10.3. The molecule has 1 aliphatic heterocycles. The Bertz CT molecular complexity index is 837. The molecule has 7 nitrogen and oxygen atoms in total. The second-order valence-corrected chi connectivity index (χ2v) is 7.24. The van der Waals surface area contributed by atoms with Gasteiger partial charge in [-0.2, -0.15) is 0 Å². The van der Waals surface area contributed by atoms with Gasteiger partial charge in [-0.25, -0.2) is 4.79 Å². The quantitative estimate of drug-likeness (QED) is 0.665. The third-order valence-corrected chi connectivity index (χ3v) is 5.07. The van der Waals surface area contributed by atoms with Crippen molar-refractivity contribution in [3.8, 4) is 11.5 Å². The molecule has 0 spiro atoms. The zero-order chi connectivity index (χ0) is 21.3. The maximum absolute atomic E-state index is 12.4. The van der Waals surface area contributed by atoms with E-state index in [4.69, 9.17) is 9.47 Å². The van der Waals surface area contributed by atoms with Gasteiger partial charge in [-0.1, -0.05) is 12.1 Å². The topological polar surface area (TPSA) is 79.9 Å². The number of methoxy groups -OCH3 is 1. The maximum atomic E-state index is 12.4. The molecule has 7 heteroatoms. The van der Waals surface area contributed by atoms with E-state index in [1.165, 1.54) is 0 Å². The van der Waals surface area contributed by atoms with E-state index in [1.54, 1.807) is 12.0 Å². The minimum absolute atomic E-state index is 0.0749. The largest absolute Gasteiger partial charge is 0.497 e. The summed E-state index contributed by atoms with van der Waals surface area (Å²) in [5.41, 5.74) is 1.98. The van der Waals surface area contributed by atoms with Crippen LogP contribution >= 0.6 is 0 Å². The average molecular weight is 412 g/mol. The summed E-state index contributed by atoms with van der Waals surface area (Å²) in [6.45, 7) is 4.15. The Morgan fingerprint density at radius 3 is 2.43 bits per heavy atom. The molecule has 0 aromatic heterocycles. The van der Waals surface area contributed by atoms with Crippen molar-refractivity contribution in [2.24, 2.45) is 5.92 Å². The second-order valence-electron chi connectivity index (χ2n) is 7.24. The minimum atomic E-state index is -0.213. The maximum Gasteiger partial charge on any atom is 0.314 e. The summed E-state index contributed by atoms with van der Waals surface area (Å²) in [6, 6.07) is 15.1. The van der Waals surface area contributed by atoms with E-state index in [0.29, 0.717) is 32.7 Å². The van der Waals surface area contributed by atoms with Crippen LogP contribution in [0.5, 0.6) is 11.5 Å². The first kappa shape index (κ1) is 21.5. The smallest absolute Gasteiger partial charge is 0.314 e. The van der Waals surface area contributed by atoms with E-state index < -0.39 is 0 Å². The Balaban J connectivity index is 1.39. The van der Waals surface area contributed by atoms with Crippen LogP contribution in [0.1, 0.15) is 18.9 Å². The molecule has 1 fully saturated rings. The van der Waals surface area contributed by atoms with Gasteiger partial charge in [0, 0.05) is 37.7 Å². The number of ether oxygens (including phenoxy) is 2. The standard InChI is InChI=1S/C23H29N3O4/c1-3-30-21-10-6-19(7-11-21)26-16-18(14-22(26)27)15-25-23(28)24-13-12-17-4-8-20(29-2)9-5-17/h4-11,18H,3,12-16H2,1-2H3,(H2,24,25,28)/t18-/m0/s1. The van der Waals surface area contributed by atoms with Crippen molar-refractivity contribution in [1.29, 1.82) is 0 Å². The fourth-order valence-corrected chi connectivity index (χ4v) is 3.47. The number of anilines is 1. The van der Waals surface area contributed by atoms with Crippen LogP contribution in [0, 0.1) is 5.92 Å².